The minimum absolute atomic E-state index is 0.0893. The molecule has 4 nitrogen and oxygen atoms in total. The van der Waals surface area contributed by atoms with Crippen molar-refractivity contribution < 1.29 is 4.74 Å². The summed E-state index contributed by atoms with van der Waals surface area (Å²) in [7, 11) is 1.75. The molecular formula is C13H23N3O. The van der Waals surface area contributed by atoms with Crippen LogP contribution in [0.2, 0.25) is 0 Å². The van der Waals surface area contributed by atoms with E-state index in [2.05, 4.69) is 36.1 Å². The van der Waals surface area contributed by atoms with Crippen molar-refractivity contribution in [3.63, 3.8) is 0 Å². The summed E-state index contributed by atoms with van der Waals surface area (Å²) in [6, 6.07) is 2.33. The summed E-state index contributed by atoms with van der Waals surface area (Å²) in [4.78, 5) is 8.44. The number of aryl methyl sites for hydroxylation is 1. The first-order valence-electron chi connectivity index (χ1n) is 6.00. The number of hydrogen-bond donors (Lipinski definition) is 1. The van der Waals surface area contributed by atoms with Crippen molar-refractivity contribution >= 4 is 0 Å². The minimum atomic E-state index is -0.0893. The normalized spacial score (nSPS) is 13.7. The second-order valence-electron chi connectivity index (χ2n) is 5.05. The van der Waals surface area contributed by atoms with Crippen LogP contribution in [-0.4, -0.2) is 28.7 Å². The Morgan fingerprint density at radius 1 is 1.47 bits per heavy atom. The number of hydrogen-bond acceptors (Lipinski definition) is 4. The topological polar surface area (TPSA) is 47.0 Å². The zero-order chi connectivity index (χ0) is 12.9. The molecule has 4 heteroatoms. The molecule has 1 atom stereocenters. The third-order valence-electron chi connectivity index (χ3n) is 2.82. The van der Waals surface area contributed by atoms with Gasteiger partial charge in [0.25, 0.3) is 0 Å². The summed E-state index contributed by atoms with van der Waals surface area (Å²) in [5.41, 5.74) is 0.938. The van der Waals surface area contributed by atoms with Gasteiger partial charge in [-0.15, -0.1) is 0 Å². The Morgan fingerprint density at radius 3 is 2.76 bits per heavy atom. The monoisotopic (exact) mass is 237 g/mol. The lowest BCUT2D eigenvalue weighted by atomic mass is 10.00. The van der Waals surface area contributed by atoms with Crippen molar-refractivity contribution in [2.75, 3.05) is 7.11 Å². The zero-order valence-electron chi connectivity index (χ0n) is 11.4. The van der Waals surface area contributed by atoms with Crippen LogP contribution in [0.5, 0.6) is 0 Å². The number of rotatable bonds is 6. The molecule has 0 aliphatic rings. The van der Waals surface area contributed by atoms with Gasteiger partial charge in [-0.05, 0) is 40.2 Å². The fourth-order valence-electron chi connectivity index (χ4n) is 1.78. The van der Waals surface area contributed by atoms with E-state index in [1.807, 2.05) is 13.0 Å². The van der Waals surface area contributed by atoms with Gasteiger partial charge in [-0.3, -0.25) is 0 Å². The highest BCUT2D eigenvalue weighted by Crippen LogP contribution is 2.15. The van der Waals surface area contributed by atoms with Gasteiger partial charge < -0.3 is 10.1 Å². The van der Waals surface area contributed by atoms with Gasteiger partial charge in [0.15, 0.2) is 0 Å². The highest BCUT2D eigenvalue weighted by Gasteiger charge is 2.19. The van der Waals surface area contributed by atoms with E-state index in [1.54, 1.807) is 13.3 Å². The number of ether oxygens (including phenoxy) is 1. The molecule has 1 unspecified atom stereocenters. The first-order valence-corrected chi connectivity index (χ1v) is 6.00. The van der Waals surface area contributed by atoms with E-state index >= 15 is 0 Å². The predicted octanol–water partition coefficient (Wildman–Crippen LogP) is 2.08. The molecule has 0 saturated carbocycles. The van der Waals surface area contributed by atoms with Gasteiger partial charge in [0.05, 0.1) is 11.3 Å². The van der Waals surface area contributed by atoms with E-state index in [9.17, 15) is 0 Å². The Kier molecular flexibility index (Phi) is 5.02. The molecule has 0 spiro atoms. The first-order chi connectivity index (χ1) is 7.93. The third-order valence-corrected chi connectivity index (χ3v) is 2.82. The largest absolute Gasteiger partial charge is 0.379 e. The lowest BCUT2D eigenvalue weighted by Gasteiger charge is -2.27. The Bertz CT molecular complexity index is 352. The van der Waals surface area contributed by atoms with Crippen molar-refractivity contribution in [1.82, 2.24) is 15.3 Å². The van der Waals surface area contributed by atoms with E-state index in [0.717, 1.165) is 24.5 Å². The molecule has 1 N–H and O–H groups in total. The maximum Gasteiger partial charge on any atom is 0.125 e. The summed E-state index contributed by atoms with van der Waals surface area (Å²) in [5, 5.41) is 3.45. The molecule has 0 aliphatic carbocycles. The van der Waals surface area contributed by atoms with Gasteiger partial charge in [0.2, 0.25) is 0 Å². The Morgan fingerprint density at radius 2 is 2.18 bits per heavy atom. The molecule has 0 bridgehead atoms. The standard InChI is InChI=1S/C13H23N3O/c1-10(8-13(3,4)17-5)15-9-12-6-7-14-11(2)16-12/h6-7,10,15H,8-9H2,1-5H3. The van der Waals surface area contributed by atoms with Crippen LogP contribution in [0.4, 0.5) is 0 Å². The Balaban J connectivity index is 2.40. The molecule has 0 aliphatic heterocycles. The van der Waals surface area contributed by atoms with Crippen LogP contribution < -0.4 is 5.32 Å². The van der Waals surface area contributed by atoms with Gasteiger partial charge in [0, 0.05) is 25.9 Å². The fraction of sp³-hybridized carbons (Fsp3) is 0.692. The molecule has 96 valence electrons. The molecule has 1 aromatic rings. The lowest BCUT2D eigenvalue weighted by Crippen LogP contribution is -2.35. The summed E-state index contributed by atoms with van der Waals surface area (Å²) in [6.07, 6.45) is 2.76. The van der Waals surface area contributed by atoms with E-state index in [-0.39, 0.29) is 5.60 Å². The average Bonchev–Trinajstić information content (AvgIpc) is 2.26. The molecule has 1 aromatic heterocycles. The Hall–Kier alpha value is -1.00. The van der Waals surface area contributed by atoms with E-state index in [4.69, 9.17) is 4.74 Å². The van der Waals surface area contributed by atoms with Crippen LogP contribution in [0.3, 0.4) is 0 Å². The van der Waals surface area contributed by atoms with Crippen molar-refractivity contribution in [2.45, 2.75) is 52.3 Å². The summed E-state index contributed by atoms with van der Waals surface area (Å²) in [6.45, 7) is 9.03. The maximum atomic E-state index is 5.41. The lowest BCUT2D eigenvalue weighted by molar-refractivity contribution is 0.00842. The maximum absolute atomic E-state index is 5.41. The van der Waals surface area contributed by atoms with Crippen LogP contribution in [-0.2, 0) is 11.3 Å². The smallest absolute Gasteiger partial charge is 0.125 e. The quantitative estimate of drug-likeness (QED) is 0.823. The molecule has 1 rings (SSSR count). The van der Waals surface area contributed by atoms with Crippen molar-refractivity contribution in [2.24, 2.45) is 0 Å². The van der Waals surface area contributed by atoms with E-state index in [0.29, 0.717) is 6.04 Å². The molecule has 0 amide bonds. The molecular weight excluding hydrogens is 214 g/mol. The SMILES string of the molecule is COC(C)(C)CC(C)NCc1ccnc(C)n1. The molecule has 1 heterocycles. The number of nitrogens with zero attached hydrogens (tertiary/aromatic N) is 2. The van der Waals surface area contributed by atoms with Gasteiger partial charge in [-0.25, -0.2) is 9.97 Å². The fourth-order valence-corrected chi connectivity index (χ4v) is 1.78. The van der Waals surface area contributed by atoms with E-state index < -0.39 is 0 Å². The van der Waals surface area contributed by atoms with Crippen LogP contribution in [0.15, 0.2) is 12.3 Å². The van der Waals surface area contributed by atoms with Crippen LogP contribution in [0.25, 0.3) is 0 Å². The van der Waals surface area contributed by atoms with Gasteiger partial charge >= 0.3 is 0 Å². The highest BCUT2D eigenvalue weighted by atomic mass is 16.5. The molecule has 17 heavy (non-hydrogen) atoms. The summed E-state index contributed by atoms with van der Waals surface area (Å²) < 4.78 is 5.41. The van der Waals surface area contributed by atoms with Crippen LogP contribution in [0, 0.1) is 6.92 Å². The molecule has 0 fully saturated rings. The Labute approximate surface area is 104 Å². The molecule has 0 radical (unpaired) electrons. The highest BCUT2D eigenvalue weighted by molar-refractivity contribution is 5.01. The minimum Gasteiger partial charge on any atom is -0.379 e. The van der Waals surface area contributed by atoms with Crippen LogP contribution >= 0.6 is 0 Å². The van der Waals surface area contributed by atoms with Crippen molar-refractivity contribution in [3.05, 3.63) is 23.8 Å². The second kappa shape index (κ2) is 6.07. The third kappa shape index (κ3) is 5.24. The van der Waals surface area contributed by atoms with E-state index in [1.165, 1.54) is 0 Å². The first kappa shape index (κ1) is 14.1. The molecule has 0 saturated heterocycles. The van der Waals surface area contributed by atoms with Crippen LogP contribution in [0.1, 0.15) is 38.7 Å². The summed E-state index contributed by atoms with van der Waals surface area (Å²) in [5.74, 6) is 0.814. The van der Waals surface area contributed by atoms with Gasteiger partial charge in [0.1, 0.15) is 5.82 Å². The average molecular weight is 237 g/mol. The zero-order valence-corrected chi connectivity index (χ0v) is 11.4. The molecule has 0 aromatic carbocycles. The van der Waals surface area contributed by atoms with Gasteiger partial charge in [-0.1, -0.05) is 0 Å². The van der Waals surface area contributed by atoms with Gasteiger partial charge in [-0.2, -0.15) is 0 Å². The van der Waals surface area contributed by atoms with Crippen molar-refractivity contribution in [3.8, 4) is 0 Å². The number of aromatic nitrogens is 2. The summed E-state index contributed by atoms with van der Waals surface area (Å²) >= 11 is 0. The predicted molar refractivity (Wildman–Crippen MR) is 68.8 cm³/mol. The number of methoxy groups -OCH3 is 1. The van der Waals surface area contributed by atoms with Crippen molar-refractivity contribution in [1.29, 1.82) is 0 Å². The number of nitrogens with one attached hydrogen (secondary N) is 1. The second-order valence-corrected chi connectivity index (χ2v) is 5.05.